The van der Waals surface area contributed by atoms with Gasteiger partial charge < -0.3 is 10.0 Å². The van der Waals surface area contributed by atoms with E-state index in [2.05, 4.69) is 4.98 Å². The van der Waals surface area contributed by atoms with E-state index < -0.39 is 5.97 Å². The van der Waals surface area contributed by atoms with Crippen molar-refractivity contribution in [3.05, 3.63) is 59.0 Å². The number of benzene rings is 1. The summed E-state index contributed by atoms with van der Waals surface area (Å²) in [6, 6.07) is 9.51. The molecule has 4 nitrogen and oxygen atoms in total. The monoisotopic (exact) mass is 308 g/mol. The summed E-state index contributed by atoms with van der Waals surface area (Å²) in [4.78, 5) is 16.8. The van der Waals surface area contributed by atoms with E-state index in [4.69, 9.17) is 16.7 Å². The zero-order valence-corrected chi connectivity index (χ0v) is 11.9. The molecule has 0 aliphatic carbocycles. The lowest BCUT2D eigenvalue weighted by Gasteiger charge is -2.23. The Hall–Kier alpha value is -2.14. The smallest absolute Gasteiger partial charge is 0.305 e. The summed E-state index contributed by atoms with van der Waals surface area (Å²) < 4.78 is 12.9. The number of hydrogen-bond donors (Lipinski definition) is 1. The van der Waals surface area contributed by atoms with Crippen LogP contribution in [0.15, 0.2) is 42.6 Å². The molecule has 0 radical (unpaired) electrons. The number of carboxylic acid groups (broad SMARTS) is 1. The van der Waals surface area contributed by atoms with Gasteiger partial charge in [-0.3, -0.25) is 4.79 Å². The summed E-state index contributed by atoms with van der Waals surface area (Å²) in [5.74, 6) is -0.557. The lowest BCUT2D eigenvalue weighted by atomic mass is 10.2. The van der Waals surface area contributed by atoms with E-state index >= 15 is 0 Å². The topological polar surface area (TPSA) is 53.4 Å². The number of pyridine rings is 1. The molecule has 0 bridgehead atoms. The van der Waals surface area contributed by atoms with Crippen molar-refractivity contribution in [1.29, 1.82) is 0 Å². The van der Waals surface area contributed by atoms with Crippen LogP contribution in [0.2, 0.25) is 5.02 Å². The highest BCUT2D eigenvalue weighted by Gasteiger charge is 2.11. The van der Waals surface area contributed by atoms with Gasteiger partial charge >= 0.3 is 5.97 Å². The minimum atomic E-state index is -0.881. The first-order valence-corrected chi connectivity index (χ1v) is 6.75. The molecule has 110 valence electrons. The van der Waals surface area contributed by atoms with Crippen molar-refractivity contribution in [3.8, 4) is 0 Å². The van der Waals surface area contributed by atoms with E-state index in [1.807, 2.05) is 4.90 Å². The highest BCUT2D eigenvalue weighted by atomic mass is 35.5. The molecular weight excluding hydrogens is 295 g/mol. The van der Waals surface area contributed by atoms with Crippen LogP contribution in [0.5, 0.6) is 0 Å². The number of hydrogen-bond acceptors (Lipinski definition) is 3. The number of nitrogens with zero attached hydrogens (tertiary/aromatic N) is 2. The number of aliphatic carboxylic acids is 1. The SMILES string of the molecule is O=C(O)CCN(Cc1ccc(F)cc1)c1ccc(Cl)cn1. The van der Waals surface area contributed by atoms with Crippen LogP contribution in [0.1, 0.15) is 12.0 Å². The van der Waals surface area contributed by atoms with Crippen molar-refractivity contribution in [2.24, 2.45) is 0 Å². The number of carboxylic acids is 1. The van der Waals surface area contributed by atoms with Crippen LogP contribution in [0.4, 0.5) is 10.2 Å². The van der Waals surface area contributed by atoms with Gasteiger partial charge in [-0.2, -0.15) is 0 Å². The van der Waals surface area contributed by atoms with Gasteiger partial charge in [0.15, 0.2) is 0 Å². The van der Waals surface area contributed by atoms with Crippen LogP contribution in [0, 0.1) is 5.82 Å². The fraction of sp³-hybridized carbons (Fsp3) is 0.200. The highest BCUT2D eigenvalue weighted by Crippen LogP contribution is 2.17. The quantitative estimate of drug-likeness (QED) is 0.889. The van der Waals surface area contributed by atoms with Crippen LogP contribution in [0.3, 0.4) is 0 Å². The standard InChI is InChI=1S/C15H14ClFN2O2/c16-12-3-6-14(18-9-12)19(8-7-15(20)21)10-11-1-4-13(17)5-2-11/h1-6,9H,7-8,10H2,(H,20,21). The van der Waals surface area contributed by atoms with E-state index in [1.54, 1.807) is 24.3 Å². The molecule has 21 heavy (non-hydrogen) atoms. The summed E-state index contributed by atoms with van der Waals surface area (Å²) >= 11 is 5.80. The molecule has 0 saturated heterocycles. The van der Waals surface area contributed by atoms with Gasteiger partial charge in [-0.15, -0.1) is 0 Å². The van der Waals surface area contributed by atoms with Gasteiger partial charge in [-0.05, 0) is 29.8 Å². The molecule has 1 aromatic heterocycles. The normalized spacial score (nSPS) is 10.4. The second-order valence-corrected chi connectivity index (χ2v) is 4.96. The average Bonchev–Trinajstić information content (AvgIpc) is 2.46. The maximum absolute atomic E-state index is 12.9. The molecule has 0 fully saturated rings. The van der Waals surface area contributed by atoms with E-state index in [0.717, 1.165) is 5.56 Å². The highest BCUT2D eigenvalue weighted by molar-refractivity contribution is 6.30. The Bertz CT molecular complexity index is 602. The molecule has 2 rings (SSSR count). The van der Waals surface area contributed by atoms with Gasteiger partial charge in [-0.1, -0.05) is 23.7 Å². The average molecular weight is 309 g/mol. The first kappa shape index (κ1) is 15.3. The molecule has 0 saturated carbocycles. The van der Waals surface area contributed by atoms with Crippen molar-refractivity contribution >= 4 is 23.4 Å². The Balaban J connectivity index is 2.16. The lowest BCUT2D eigenvalue weighted by molar-refractivity contribution is -0.136. The summed E-state index contributed by atoms with van der Waals surface area (Å²) in [6.07, 6.45) is 1.50. The van der Waals surface area contributed by atoms with Crippen molar-refractivity contribution in [2.75, 3.05) is 11.4 Å². The molecule has 1 N–H and O–H groups in total. The molecule has 2 aromatic rings. The van der Waals surface area contributed by atoms with Gasteiger partial charge in [0.2, 0.25) is 0 Å². The molecule has 6 heteroatoms. The number of anilines is 1. The Kier molecular flexibility index (Phi) is 5.11. The zero-order chi connectivity index (χ0) is 15.2. The number of aromatic nitrogens is 1. The predicted octanol–water partition coefficient (Wildman–Crippen LogP) is 3.36. The second-order valence-electron chi connectivity index (χ2n) is 4.53. The van der Waals surface area contributed by atoms with Gasteiger partial charge in [0.05, 0.1) is 11.4 Å². The van der Waals surface area contributed by atoms with Crippen LogP contribution in [0.25, 0.3) is 0 Å². The van der Waals surface area contributed by atoms with E-state index in [9.17, 15) is 9.18 Å². The van der Waals surface area contributed by atoms with E-state index in [-0.39, 0.29) is 12.2 Å². The first-order valence-electron chi connectivity index (χ1n) is 6.37. The van der Waals surface area contributed by atoms with Crippen molar-refractivity contribution in [3.63, 3.8) is 0 Å². The van der Waals surface area contributed by atoms with Gasteiger partial charge in [-0.25, -0.2) is 9.37 Å². The maximum atomic E-state index is 12.9. The van der Waals surface area contributed by atoms with Crippen molar-refractivity contribution < 1.29 is 14.3 Å². The number of halogens is 2. The third-order valence-corrected chi connectivity index (χ3v) is 3.14. The fourth-order valence-electron chi connectivity index (χ4n) is 1.87. The van der Waals surface area contributed by atoms with E-state index in [0.29, 0.717) is 23.9 Å². The molecule has 0 aliphatic rings. The molecule has 0 spiro atoms. The van der Waals surface area contributed by atoms with Crippen LogP contribution in [-0.4, -0.2) is 22.6 Å². The summed E-state index contributed by atoms with van der Waals surface area (Å²) in [6.45, 7) is 0.754. The number of rotatable bonds is 6. The molecular formula is C15H14ClFN2O2. The van der Waals surface area contributed by atoms with Crippen LogP contribution in [-0.2, 0) is 11.3 Å². The number of carbonyl (C=O) groups is 1. The maximum Gasteiger partial charge on any atom is 0.305 e. The zero-order valence-electron chi connectivity index (χ0n) is 11.2. The van der Waals surface area contributed by atoms with Crippen molar-refractivity contribution in [2.45, 2.75) is 13.0 Å². The predicted molar refractivity (Wildman–Crippen MR) is 78.9 cm³/mol. The molecule has 0 atom stereocenters. The van der Waals surface area contributed by atoms with Gasteiger partial charge in [0, 0.05) is 19.3 Å². The Morgan fingerprint density at radius 2 is 1.95 bits per heavy atom. The van der Waals surface area contributed by atoms with Crippen LogP contribution >= 0.6 is 11.6 Å². The Morgan fingerprint density at radius 3 is 2.52 bits per heavy atom. The first-order chi connectivity index (χ1) is 10.0. The molecule has 0 unspecified atom stereocenters. The summed E-state index contributed by atoms with van der Waals surface area (Å²) in [7, 11) is 0. The largest absolute Gasteiger partial charge is 0.481 e. The molecule has 1 heterocycles. The lowest BCUT2D eigenvalue weighted by Crippen LogP contribution is -2.26. The van der Waals surface area contributed by atoms with Crippen LogP contribution < -0.4 is 4.90 Å². The Labute approximate surface area is 126 Å². The summed E-state index contributed by atoms with van der Waals surface area (Å²) in [5, 5.41) is 9.35. The molecule has 0 aliphatic heterocycles. The fourth-order valence-corrected chi connectivity index (χ4v) is 1.98. The molecule has 0 amide bonds. The van der Waals surface area contributed by atoms with Crippen molar-refractivity contribution in [1.82, 2.24) is 4.98 Å². The Morgan fingerprint density at radius 1 is 1.24 bits per heavy atom. The van der Waals surface area contributed by atoms with E-state index in [1.165, 1.54) is 18.3 Å². The minimum Gasteiger partial charge on any atom is -0.481 e. The van der Waals surface area contributed by atoms with Gasteiger partial charge in [0.1, 0.15) is 11.6 Å². The van der Waals surface area contributed by atoms with Gasteiger partial charge in [0.25, 0.3) is 0 Å². The third kappa shape index (κ3) is 4.72. The summed E-state index contributed by atoms with van der Waals surface area (Å²) in [5.41, 5.74) is 0.874. The second kappa shape index (κ2) is 7.04. The minimum absolute atomic E-state index is 0.00843. The third-order valence-electron chi connectivity index (χ3n) is 2.92. The molecule has 1 aromatic carbocycles.